The molecule has 1 aliphatic heterocycles. The molecule has 204 valence electrons. The number of para-hydroxylation sites is 1. The Hall–Kier alpha value is -2.45. The number of hydrogen-bond donors (Lipinski definition) is 0. The summed E-state index contributed by atoms with van der Waals surface area (Å²) in [5.41, 5.74) is 2.34. The van der Waals surface area contributed by atoms with Crippen LogP contribution in [0.2, 0.25) is 0 Å². The molecule has 2 heterocycles. The maximum Gasteiger partial charge on any atom is 0.338 e. The number of hydrogen-bond acceptors (Lipinski definition) is 7. The number of carbonyl (C=O) groups excluding carboxylic acids is 1. The van der Waals surface area contributed by atoms with Crippen LogP contribution < -0.4 is 24.4 Å². The van der Waals surface area contributed by atoms with Crippen LogP contribution in [0.4, 0.5) is 0 Å². The molecular formula is C29H28I2N2O5S. The molecule has 2 aromatic carbocycles. The van der Waals surface area contributed by atoms with Crippen molar-refractivity contribution in [1.82, 2.24) is 4.57 Å². The molecule has 0 saturated heterocycles. The standard InChI is InChI=1S/C29H28I2N2O5S/c1-5-10-21-24(28(35)37-7-3)25(18-11-8-9-12-22(18)36-4)33-27(34)23(39-29(33)32-21)16-17-14-19(30)26(20(31)15-17)38-13-6-2/h6,8-9,11-12,14-16,25H,2,5,7,10,13H2,1,3-4H3/b23-16-. The molecule has 0 aliphatic carbocycles. The Bertz CT molecular complexity index is 1600. The van der Waals surface area contributed by atoms with Gasteiger partial charge in [-0.15, -0.1) is 0 Å². The summed E-state index contributed by atoms with van der Waals surface area (Å²) in [6.45, 7) is 8.14. The summed E-state index contributed by atoms with van der Waals surface area (Å²) in [4.78, 5) is 32.7. The summed E-state index contributed by atoms with van der Waals surface area (Å²) in [5.74, 6) is 0.888. The van der Waals surface area contributed by atoms with Gasteiger partial charge in [-0.05, 0) is 88.4 Å². The number of halogens is 2. The molecule has 4 rings (SSSR count). The van der Waals surface area contributed by atoms with Gasteiger partial charge >= 0.3 is 5.97 Å². The second kappa shape index (κ2) is 13.3. The van der Waals surface area contributed by atoms with Gasteiger partial charge in [0.2, 0.25) is 0 Å². The first-order valence-corrected chi connectivity index (χ1v) is 15.4. The van der Waals surface area contributed by atoms with E-state index in [-0.39, 0.29) is 12.2 Å². The highest BCUT2D eigenvalue weighted by molar-refractivity contribution is 14.1. The van der Waals surface area contributed by atoms with Gasteiger partial charge in [0.1, 0.15) is 24.1 Å². The van der Waals surface area contributed by atoms with E-state index < -0.39 is 12.0 Å². The zero-order valence-corrected chi connectivity index (χ0v) is 27.0. The third-order valence-corrected chi connectivity index (χ3v) is 8.58. The van der Waals surface area contributed by atoms with Gasteiger partial charge in [0.25, 0.3) is 5.56 Å². The van der Waals surface area contributed by atoms with Gasteiger partial charge in [0.05, 0.1) is 36.7 Å². The largest absolute Gasteiger partial charge is 0.496 e. The highest BCUT2D eigenvalue weighted by Crippen LogP contribution is 2.37. The lowest BCUT2D eigenvalue weighted by Crippen LogP contribution is -2.40. The second-order valence-electron chi connectivity index (χ2n) is 8.57. The number of aromatic nitrogens is 1. The fraction of sp³-hybridized carbons (Fsp3) is 0.276. The van der Waals surface area contributed by atoms with E-state index in [1.54, 1.807) is 24.7 Å². The lowest BCUT2D eigenvalue weighted by Gasteiger charge is -2.26. The van der Waals surface area contributed by atoms with Gasteiger partial charge in [-0.2, -0.15) is 0 Å². The normalized spacial score (nSPS) is 15.0. The summed E-state index contributed by atoms with van der Waals surface area (Å²) >= 11 is 5.77. The van der Waals surface area contributed by atoms with Crippen LogP contribution in [-0.2, 0) is 9.53 Å². The van der Waals surface area contributed by atoms with E-state index in [4.69, 9.17) is 19.2 Å². The molecule has 1 unspecified atom stereocenters. The van der Waals surface area contributed by atoms with Crippen LogP contribution in [-0.4, -0.2) is 30.9 Å². The summed E-state index contributed by atoms with van der Waals surface area (Å²) < 4.78 is 20.9. The quantitative estimate of drug-likeness (QED) is 0.158. The molecule has 0 bridgehead atoms. The molecule has 0 N–H and O–H groups in total. The van der Waals surface area contributed by atoms with Crippen LogP contribution in [0.5, 0.6) is 11.5 Å². The van der Waals surface area contributed by atoms with E-state index in [0.717, 1.165) is 24.9 Å². The fourth-order valence-electron chi connectivity index (χ4n) is 4.40. The molecule has 0 fully saturated rings. The number of esters is 1. The smallest absolute Gasteiger partial charge is 0.338 e. The third kappa shape index (κ3) is 6.17. The van der Waals surface area contributed by atoms with Crippen LogP contribution in [0, 0.1) is 7.14 Å². The molecule has 0 saturated carbocycles. The van der Waals surface area contributed by atoms with Crippen molar-refractivity contribution in [2.45, 2.75) is 32.7 Å². The number of carbonyl (C=O) groups is 1. The average Bonchev–Trinajstić information content (AvgIpc) is 3.22. The van der Waals surface area contributed by atoms with Crippen molar-refractivity contribution < 1.29 is 19.0 Å². The number of methoxy groups -OCH3 is 1. The Morgan fingerprint density at radius 1 is 1.21 bits per heavy atom. The highest BCUT2D eigenvalue weighted by Gasteiger charge is 2.35. The van der Waals surface area contributed by atoms with Gasteiger partial charge < -0.3 is 14.2 Å². The molecule has 7 nitrogen and oxygen atoms in total. The maximum absolute atomic E-state index is 14.0. The van der Waals surface area contributed by atoms with Crippen molar-refractivity contribution in [2.24, 2.45) is 4.99 Å². The average molecular weight is 770 g/mol. The van der Waals surface area contributed by atoms with E-state index in [1.807, 2.05) is 49.4 Å². The van der Waals surface area contributed by atoms with Gasteiger partial charge in [0.15, 0.2) is 4.80 Å². The summed E-state index contributed by atoms with van der Waals surface area (Å²) in [7, 11) is 1.58. The van der Waals surface area contributed by atoms with Crippen molar-refractivity contribution in [3.8, 4) is 11.5 Å². The molecular weight excluding hydrogens is 742 g/mol. The van der Waals surface area contributed by atoms with Crippen LogP contribution in [0.3, 0.4) is 0 Å². The lowest BCUT2D eigenvalue weighted by atomic mass is 9.93. The molecule has 1 aromatic heterocycles. The molecule has 0 spiro atoms. The van der Waals surface area contributed by atoms with Crippen molar-refractivity contribution >= 4 is 68.6 Å². The Morgan fingerprint density at radius 3 is 2.56 bits per heavy atom. The zero-order valence-electron chi connectivity index (χ0n) is 21.8. The summed E-state index contributed by atoms with van der Waals surface area (Å²) in [6, 6.07) is 10.7. The second-order valence-corrected chi connectivity index (χ2v) is 11.9. The van der Waals surface area contributed by atoms with E-state index in [9.17, 15) is 9.59 Å². The predicted molar refractivity (Wildman–Crippen MR) is 170 cm³/mol. The molecule has 10 heteroatoms. The van der Waals surface area contributed by atoms with E-state index in [2.05, 4.69) is 51.8 Å². The van der Waals surface area contributed by atoms with Crippen LogP contribution in [0.25, 0.3) is 6.08 Å². The monoisotopic (exact) mass is 770 g/mol. The molecule has 3 aromatic rings. The Balaban J connectivity index is 1.96. The lowest BCUT2D eigenvalue weighted by molar-refractivity contribution is -0.139. The van der Waals surface area contributed by atoms with E-state index in [1.165, 1.54) is 11.3 Å². The van der Waals surface area contributed by atoms with E-state index >= 15 is 0 Å². The molecule has 1 aliphatic rings. The minimum atomic E-state index is -0.727. The Morgan fingerprint density at radius 2 is 1.92 bits per heavy atom. The number of nitrogens with zero attached hydrogens (tertiary/aromatic N) is 2. The number of benzene rings is 2. The number of fused-ring (bicyclic) bond motifs is 1. The van der Waals surface area contributed by atoms with Crippen molar-refractivity contribution in [2.75, 3.05) is 20.3 Å². The van der Waals surface area contributed by atoms with Crippen molar-refractivity contribution in [3.05, 3.63) is 98.3 Å². The first-order valence-electron chi connectivity index (χ1n) is 12.4. The van der Waals surface area contributed by atoms with E-state index in [0.29, 0.717) is 44.9 Å². The zero-order chi connectivity index (χ0) is 28.1. The fourth-order valence-corrected chi connectivity index (χ4v) is 7.55. The summed E-state index contributed by atoms with van der Waals surface area (Å²) in [6.07, 6.45) is 4.92. The van der Waals surface area contributed by atoms with Gasteiger partial charge in [-0.1, -0.05) is 55.5 Å². The third-order valence-electron chi connectivity index (χ3n) is 5.99. The minimum absolute atomic E-state index is 0.217. The number of allylic oxidation sites excluding steroid dienone is 1. The molecule has 0 amide bonds. The van der Waals surface area contributed by atoms with Crippen LogP contribution in [0.1, 0.15) is 43.9 Å². The predicted octanol–water partition coefficient (Wildman–Crippen LogP) is 5.36. The van der Waals surface area contributed by atoms with Gasteiger partial charge in [0, 0.05) is 5.56 Å². The first-order chi connectivity index (χ1) is 18.8. The Kier molecular flexibility index (Phi) is 10.0. The van der Waals surface area contributed by atoms with Crippen LogP contribution in [0.15, 0.2) is 70.1 Å². The van der Waals surface area contributed by atoms with Crippen molar-refractivity contribution in [1.29, 1.82) is 0 Å². The maximum atomic E-state index is 14.0. The molecule has 0 radical (unpaired) electrons. The topological polar surface area (TPSA) is 79.1 Å². The van der Waals surface area contributed by atoms with Gasteiger partial charge in [-0.25, -0.2) is 9.79 Å². The Labute approximate surface area is 258 Å². The SMILES string of the molecule is C=CCOc1c(I)cc(/C=c2\sc3n(c2=O)C(c2ccccc2OC)C(C(=O)OCC)=C(CCC)N=3)cc1I. The first kappa shape index (κ1) is 29.5. The highest BCUT2D eigenvalue weighted by atomic mass is 127. The van der Waals surface area contributed by atoms with Gasteiger partial charge in [-0.3, -0.25) is 9.36 Å². The summed E-state index contributed by atoms with van der Waals surface area (Å²) in [5, 5.41) is 0. The molecule has 39 heavy (non-hydrogen) atoms. The number of thiazole rings is 1. The number of ether oxygens (including phenoxy) is 3. The van der Waals surface area contributed by atoms with Crippen molar-refractivity contribution in [3.63, 3.8) is 0 Å². The number of rotatable bonds is 10. The molecule has 1 atom stereocenters. The van der Waals surface area contributed by atoms with Crippen LogP contribution >= 0.6 is 56.5 Å². The minimum Gasteiger partial charge on any atom is -0.496 e.